The highest BCUT2D eigenvalue weighted by molar-refractivity contribution is 7.11. The van der Waals surface area contributed by atoms with Gasteiger partial charge in [0.25, 0.3) is 0 Å². The molecule has 0 bridgehead atoms. The predicted octanol–water partition coefficient (Wildman–Crippen LogP) is 4.29. The second-order valence-electron chi connectivity index (χ2n) is 7.56. The fourth-order valence-electron chi connectivity index (χ4n) is 3.31. The van der Waals surface area contributed by atoms with E-state index >= 15 is 0 Å². The van der Waals surface area contributed by atoms with Gasteiger partial charge in [0.05, 0.1) is 27.3 Å². The molecule has 6 nitrogen and oxygen atoms in total. The average molecular weight is 447 g/mol. The van der Waals surface area contributed by atoms with Gasteiger partial charge in [0.1, 0.15) is 0 Å². The first-order valence-electron chi connectivity index (χ1n) is 10.7. The number of methoxy groups -OCH3 is 2. The molecule has 170 valence electrons. The number of hydrogen-bond acceptors (Lipinski definition) is 5. The second kappa shape index (κ2) is 12.3. The van der Waals surface area contributed by atoms with Crippen LogP contribution in [0.25, 0.3) is 0 Å². The summed E-state index contributed by atoms with van der Waals surface area (Å²) in [6, 6.07) is 9.95. The maximum absolute atomic E-state index is 13.2. The van der Waals surface area contributed by atoms with Crippen LogP contribution in [0.3, 0.4) is 0 Å². The minimum absolute atomic E-state index is 0.0298. The monoisotopic (exact) mass is 446 g/mol. The third-order valence-electron chi connectivity index (χ3n) is 5.17. The van der Waals surface area contributed by atoms with E-state index in [0.717, 1.165) is 23.3 Å². The first-order chi connectivity index (χ1) is 14.9. The number of carbonyl (C=O) groups is 2. The summed E-state index contributed by atoms with van der Waals surface area (Å²) in [5.74, 6) is 1.27. The molecule has 0 aliphatic heterocycles. The summed E-state index contributed by atoms with van der Waals surface area (Å²) in [6.07, 6.45) is 2.56. The molecule has 0 spiro atoms. The highest BCUT2D eigenvalue weighted by atomic mass is 32.1. The third-order valence-corrected chi connectivity index (χ3v) is 6.15. The van der Waals surface area contributed by atoms with Crippen LogP contribution in [0, 0.1) is 6.92 Å². The summed E-state index contributed by atoms with van der Waals surface area (Å²) in [5.41, 5.74) is 1.06. The van der Waals surface area contributed by atoms with E-state index < -0.39 is 0 Å². The van der Waals surface area contributed by atoms with Crippen LogP contribution in [0.4, 0.5) is 0 Å². The molecule has 31 heavy (non-hydrogen) atoms. The molecule has 1 aromatic heterocycles. The van der Waals surface area contributed by atoms with Gasteiger partial charge in [0.2, 0.25) is 11.8 Å². The molecule has 0 fully saturated rings. The zero-order valence-electron chi connectivity index (χ0n) is 19.3. The third kappa shape index (κ3) is 7.58. The molecule has 0 saturated carbocycles. The summed E-state index contributed by atoms with van der Waals surface area (Å²) < 4.78 is 10.7. The van der Waals surface area contributed by atoms with Crippen molar-refractivity contribution in [2.75, 3.05) is 33.9 Å². The average Bonchev–Trinajstić information content (AvgIpc) is 3.17. The van der Waals surface area contributed by atoms with Gasteiger partial charge in [-0.2, -0.15) is 0 Å². The van der Waals surface area contributed by atoms with Gasteiger partial charge in [0.15, 0.2) is 11.5 Å². The Morgan fingerprint density at radius 3 is 2.32 bits per heavy atom. The molecule has 7 heteroatoms. The summed E-state index contributed by atoms with van der Waals surface area (Å²) in [5, 5.41) is 0. The van der Waals surface area contributed by atoms with Crippen LogP contribution in [-0.4, -0.2) is 55.5 Å². The van der Waals surface area contributed by atoms with Crippen molar-refractivity contribution in [3.8, 4) is 11.5 Å². The Hall–Kier alpha value is -2.54. The zero-order valence-corrected chi connectivity index (χ0v) is 20.1. The molecule has 0 radical (unpaired) electrons. The van der Waals surface area contributed by atoms with Gasteiger partial charge in [-0.1, -0.05) is 19.4 Å². The number of thiophene rings is 1. The van der Waals surface area contributed by atoms with E-state index in [9.17, 15) is 9.59 Å². The summed E-state index contributed by atoms with van der Waals surface area (Å²) in [6.45, 7) is 7.50. The van der Waals surface area contributed by atoms with E-state index in [2.05, 4.69) is 26.0 Å². The molecule has 0 atom stereocenters. The maximum atomic E-state index is 13.2. The van der Waals surface area contributed by atoms with Crippen LogP contribution >= 0.6 is 11.3 Å². The van der Waals surface area contributed by atoms with E-state index in [0.29, 0.717) is 37.6 Å². The molecule has 2 rings (SSSR count). The number of benzene rings is 1. The number of rotatable bonds is 12. The Morgan fingerprint density at radius 2 is 1.74 bits per heavy atom. The van der Waals surface area contributed by atoms with Crippen molar-refractivity contribution < 1.29 is 19.1 Å². The van der Waals surface area contributed by atoms with Crippen LogP contribution in [0.15, 0.2) is 30.3 Å². The van der Waals surface area contributed by atoms with Crippen LogP contribution in [0.1, 0.15) is 42.0 Å². The Labute approximate surface area is 189 Å². The molecule has 0 N–H and O–H groups in total. The minimum Gasteiger partial charge on any atom is -0.493 e. The fourth-order valence-corrected chi connectivity index (χ4v) is 4.22. The van der Waals surface area contributed by atoms with Gasteiger partial charge in [-0.05, 0) is 49.6 Å². The molecule has 1 aromatic carbocycles. The molecule has 0 aliphatic rings. The standard InChI is InChI=1S/C24H34N2O4S/c1-6-7-13-25(19(3)27)17-24(28)26(16-21-10-8-18(2)31-21)14-12-20-9-11-22(29-4)23(15-20)30-5/h8-11,15H,6-7,12-14,16-17H2,1-5H3. The van der Waals surface area contributed by atoms with Gasteiger partial charge in [0, 0.05) is 29.8 Å². The summed E-state index contributed by atoms with van der Waals surface area (Å²) in [4.78, 5) is 31.0. The lowest BCUT2D eigenvalue weighted by atomic mass is 10.1. The fraction of sp³-hybridized carbons (Fsp3) is 0.500. The Balaban J connectivity index is 2.14. The Bertz CT molecular complexity index is 865. The number of nitrogens with zero attached hydrogens (tertiary/aromatic N) is 2. The van der Waals surface area contributed by atoms with Crippen molar-refractivity contribution >= 4 is 23.2 Å². The van der Waals surface area contributed by atoms with Gasteiger partial charge < -0.3 is 19.3 Å². The van der Waals surface area contributed by atoms with E-state index in [1.807, 2.05) is 23.1 Å². The van der Waals surface area contributed by atoms with E-state index in [-0.39, 0.29) is 18.4 Å². The van der Waals surface area contributed by atoms with Crippen molar-refractivity contribution in [2.45, 2.75) is 46.6 Å². The van der Waals surface area contributed by atoms with Crippen molar-refractivity contribution in [1.82, 2.24) is 9.80 Å². The van der Waals surface area contributed by atoms with Gasteiger partial charge in [-0.25, -0.2) is 0 Å². The number of amides is 2. The lowest BCUT2D eigenvalue weighted by Crippen LogP contribution is -2.43. The summed E-state index contributed by atoms with van der Waals surface area (Å²) >= 11 is 1.69. The number of ether oxygens (including phenoxy) is 2. The minimum atomic E-state index is -0.0615. The number of hydrogen-bond donors (Lipinski definition) is 0. The molecule has 1 heterocycles. The molecule has 0 unspecified atom stereocenters. The van der Waals surface area contributed by atoms with E-state index in [4.69, 9.17) is 9.47 Å². The van der Waals surface area contributed by atoms with Crippen LogP contribution < -0.4 is 9.47 Å². The molecule has 2 aromatic rings. The van der Waals surface area contributed by atoms with Crippen molar-refractivity contribution in [3.05, 3.63) is 45.6 Å². The zero-order chi connectivity index (χ0) is 22.8. The maximum Gasteiger partial charge on any atom is 0.242 e. The van der Waals surface area contributed by atoms with Crippen LogP contribution in [-0.2, 0) is 22.6 Å². The Kier molecular flexibility index (Phi) is 9.85. The quantitative estimate of drug-likeness (QED) is 0.488. The lowest BCUT2D eigenvalue weighted by molar-refractivity contribution is -0.139. The van der Waals surface area contributed by atoms with E-state index in [1.165, 1.54) is 11.8 Å². The predicted molar refractivity (Wildman–Crippen MR) is 125 cm³/mol. The normalized spacial score (nSPS) is 10.6. The second-order valence-corrected chi connectivity index (χ2v) is 8.93. The Morgan fingerprint density at radius 1 is 1.00 bits per heavy atom. The molecule has 0 aliphatic carbocycles. The van der Waals surface area contributed by atoms with Crippen LogP contribution in [0.2, 0.25) is 0 Å². The largest absolute Gasteiger partial charge is 0.493 e. The molecule has 0 saturated heterocycles. The number of carbonyl (C=O) groups excluding carboxylic acids is 2. The lowest BCUT2D eigenvalue weighted by Gasteiger charge is -2.27. The van der Waals surface area contributed by atoms with Crippen molar-refractivity contribution in [3.63, 3.8) is 0 Å². The smallest absolute Gasteiger partial charge is 0.242 e. The highest BCUT2D eigenvalue weighted by Gasteiger charge is 2.20. The van der Waals surface area contributed by atoms with E-state index in [1.54, 1.807) is 30.5 Å². The number of aryl methyl sites for hydroxylation is 1. The topological polar surface area (TPSA) is 59.1 Å². The highest BCUT2D eigenvalue weighted by Crippen LogP contribution is 2.28. The molecule has 2 amide bonds. The van der Waals surface area contributed by atoms with Crippen LogP contribution in [0.5, 0.6) is 11.5 Å². The SMILES string of the molecule is CCCCN(CC(=O)N(CCc1ccc(OC)c(OC)c1)Cc1ccc(C)s1)C(C)=O. The summed E-state index contributed by atoms with van der Waals surface area (Å²) in [7, 11) is 3.23. The molecular formula is C24H34N2O4S. The van der Waals surface area contributed by atoms with Gasteiger partial charge >= 0.3 is 0 Å². The van der Waals surface area contributed by atoms with Gasteiger partial charge in [-0.3, -0.25) is 9.59 Å². The van der Waals surface area contributed by atoms with Gasteiger partial charge in [-0.15, -0.1) is 11.3 Å². The molecular weight excluding hydrogens is 412 g/mol. The van der Waals surface area contributed by atoms with Crippen molar-refractivity contribution in [1.29, 1.82) is 0 Å². The first kappa shape index (κ1) is 24.7. The van der Waals surface area contributed by atoms with Crippen molar-refractivity contribution in [2.24, 2.45) is 0 Å². The number of unbranched alkanes of at least 4 members (excludes halogenated alkanes) is 1. The first-order valence-corrected chi connectivity index (χ1v) is 11.5.